The number of nitrogens with one attached hydrogen (secondary N) is 1. The second-order valence-corrected chi connectivity index (χ2v) is 13.3. The predicted octanol–water partition coefficient (Wildman–Crippen LogP) is 5.09. The highest BCUT2D eigenvalue weighted by atomic mass is 35.5. The largest absolute Gasteiger partial charge is 0.481 e. The van der Waals surface area contributed by atoms with E-state index in [0.29, 0.717) is 70.6 Å². The summed E-state index contributed by atoms with van der Waals surface area (Å²) in [6.07, 6.45) is -3.25. The third-order valence-corrected chi connectivity index (χ3v) is 10.1. The molecule has 1 fully saturated rings. The lowest BCUT2D eigenvalue weighted by Gasteiger charge is -2.30. The monoisotopic (exact) mass is 737 g/mol. The normalized spacial score (nSPS) is 18.8. The maximum absolute atomic E-state index is 13.9. The number of hydrogen-bond donors (Lipinski definition) is 2. The molecule has 1 aliphatic carbocycles. The predicted molar refractivity (Wildman–Crippen MR) is 189 cm³/mol. The number of alkyl halides is 3. The second-order valence-electron chi connectivity index (χ2n) is 13.0. The number of methoxy groups -OCH3 is 1. The van der Waals surface area contributed by atoms with Crippen LogP contribution < -0.4 is 27.0 Å². The smallest absolute Gasteiger partial charge is 0.451 e. The highest BCUT2D eigenvalue weighted by Gasteiger charge is 2.37. The highest BCUT2D eigenvalue weighted by molar-refractivity contribution is 6.36. The minimum absolute atomic E-state index is 0.0907. The van der Waals surface area contributed by atoms with Crippen molar-refractivity contribution < 1.29 is 27.4 Å². The minimum Gasteiger partial charge on any atom is -0.481 e. The van der Waals surface area contributed by atoms with Gasteiger partial charge in [0.1, 0.15) is 11.2 Å². The van der Waals surface area contributed by atoms with Gasteiger partial charge in [0, 0.05) is 55.5 Å². The Morgan fingerprint density at radius 1 is 1.02 bits per heavy atom. The first kappa shape index (κ1) is 35.6. The number of aryl methyl sites for hydroxylation is 1. The number of hydrogen-bond acceptors (Lipinski definition) is 10. The summed E-state index contributed by atoms with van der Waals surface area (Å²) in [7, 11) is 4.04. The summed E-state index contributed by atoms with van der Waals surface area (Å²) in [6, 6.07) is 12.6. The Morgan fingerprint density at radius 3 is 2.48 bits per heavy atom. The van der Waals surface area contributed by atoms with Crippen molar-refractivity contribution in [2.75, 3.05) is 25.6 Å². The SMILES string of the molecule is COc1nc(-c2cccc(-c3cccc(Nc4nc(C(F)(F)F)nc5c4c(=O)n(C)c(=O)n5C)c3C)c2Cl)cc2c1CC(O[C@@H]1COCC[C@@H]1N)C2. The zero-order valence-corrected chi connectivity index (χ0v) is 29.4. The molecule has 1 aliphatic heterocycles. The van der Waals surface area contributed by atoms with Crippen molar-refractivity contribution in [3.8, 4) is 28.3 Å². The zero-order chi connectivity index (χ0) is 37.1. The summed E-state index contributed by atoms with van der Waals surface area (Å²) < 4.78 is 61.1. The molecule has 0 saturated carbocycles. The lowest BCUT2D eigenvalue weighted by molar-refractivity contribution is -0.144. The van der Waals surface area contributed by atoms with Crippen LogP contribution in [0.3, 0.4) is 0 Å². The first-order chi connectivity index (χ1) is 24.8. The van der Waals surface area contributed by atoms with Gasteiger partial charge in [-0.1, -0.05) is 41.9 Å². The van der Waals surface area contributed by atoms with E-state index in [2.05, 4.69) is 15.3 Å². The molecule has 272 valence electrons. The maximum atomic E-state index is 13.9. The Labute approximate surface area is 300 Å². The van der Waals surface area contributed by atoms with E-state index in [4.69, 9.17) is 36.5 Å². The topological polar surface area (TPSA) is 148 Å². The van der Waals surface area contributed by atoms with Crippen LogP contribution in [-0.4, -0.2) is 62.7 Å². The van der Waals surface area contributed by atoms with Crippen LogP contribution in [0.25, 0.3) is 33.4 Å². The van der Waals surface area contributed by atoms with Crippen molar-refractivity contribution in [1.82, 2.24) is 24.1 Å². The summed E-state index contributed by atoms with van der Waals surface area (Å²) in [5, 5.41) is 3.03. The van der Waals surface area contributed by atoms with E-state index < -0.39 is 34.7 Å². The van der Waals surface area contributed by atoms with Crippen LogP contribution in [0.1, 0.15) is 28.9 Å². The molecule has 7 rings (SSSR count). The van der Waals surface area contributed by atoms with Gasteiger partial charge in [0.15, 0.2) is 5.65 Å². The number of aromatic nitrogens is 5. The molecule has 0 amide bonds. The molecule has 3 atom stereocenters. The Hall–Kier alpha value is -4.83. The molecule has 5 aromatic rings. The van der Waals surface area contributed by atoms with E-state index in [0.717, 1.165) is 26.7 Å². The second kappa shape index (κ2) is 13.6. The Kier molecular flexibility index (Phi) is 9.31. The maximum Gasteiger partial charge on any atom is 0.451 e. The molecule has 52 heavy (non-hydrogen) atoms. The number of nitrogens with zero attached hydrogens (tertiary/aromatic N) is 5. The first-order valence-corrected chi connectivity index (χ1v) is 16.9. The van der Waals surface area contributed by atoms with Gasteiger partial charge in [0.25, 0.3) is 5.56 Å². The van der Waals surface area contributed by atoms with Crippen LogP contribution in [0.15, 0.2) is 52.1 Å². The summed E-state index contributed by atoms with van der Waals surface area (Å²) >= 11 is 7.13. The fourth-order valence-electron chi connectivity index (χ4n) is 6.87. The van der Waals surface area contributed by atoms with Crippen molar-refractivity contribution in [1.29, 1.82) is 0 Å². The van der Waals surface area contributed by atoms with Crippen LogP contribution in [0.5, 0.6) is 5.88 Å². The summed E-state index contributed by atoms with van der Waals surface area (Å²) in [5.74, 6) is -1.43. The average Bonchev–Trinajstić information content (AvgIpc) is 3.53. The molecule has 0 spiro atoms. The number of halogens is 4. The van der Waals surface area contributed by atoms with Crippen molar-refractivity contribution in [2.45, 2.75) is 50.6 Å². The number of rotatable bonds is 7. The summed E-state index contributed by atoms with van der Waals surface area (Å²) in [6.45, 7) is 2.85. The van der Waals surface area contributed by atoms with Gasteiger partial charge < -0.3 is 25.3 Å². The fraction of sp³-hybridized carbons (Fsp3) is 0.361. The molecule has 2 aliphatic rings. The van der Waals surface area contributed by atoms with Crippen molar-refractivity contribution in [3.63, 3.8) is 0 Å². The lowest BCUT2D eigenvalue weighted by atomic mass is 9.96. The van der Waals surface area contributed by atoms with Crippen LogP contribution in [0, 0.1) is 6.92 Å². The lowest BCUT2D eigenvalue weighted by Crippen LogP contribution is -2.46. The van der Waals surface area contributed by atoms with E-state index in [1.165, 1.54) is 14.1 Å². The Bertz CT molecular complexity index is 2350. The van der Waals surface area contributed by atoms with E-state index >= 15 is 0 Å². The van der Waals surface area contributed by atoms with Gasteiger partial charge in [-0.2, -0.15) is 13.2 Å². The number of pyridine rings is 1. The zero-order valence-electron chi connectivity index (χ0n) is 28.7. The standard InChI is InChI=1S/C36H35ClF3N7O5/c1-17-20(7-6-10-25(17)42-30-28-31(45-34(44-30)36(38,39)40)46(2)35(49)47(3)33(28)48)21-8-5-9-22(29(21)37)26-14-18-13-19(15-23(18)32(43-26)50-4)52-27-16-51-12-11-24(27)41/h5-10,14,19,24,27H,11-13,15-16,41H2,1-4H3,(H,42,44,45)/t19?,24-,27+/m0/s1. The molecule has 1 saturated heterocycles. The highest BCUT2D eigenvalue weighted by Crippen LogP contribution is 2.42. The number of anilines is 2. The van der Waals surface area contributed by atoms with E-state index in [1.54, 1.807) is 26.2 Å². The van der Waals surface area contributed by atoms with Crippen LogP contribution in [0.2, 0.25) is 5.02 Å². The molecule has 16 heteroatoms. The number of benzene rings is 2. The molecule has 12 nitrogen and oxygen atoms in total. The van der Waals surface area contributed by atoms with Crippen LogP contribution in [0.4, 0.5) is 24.7 Å². The Balaban J connectivity index is 1.25. The van der Waals surface area contributed by atoms with Gasteiger partial charge in [-0.05, 0) is 48.6 Å². The molecular weight excluding hydrogens is 703 g/mol. The van der Waals surface area contributed by atoms with Crippen LogP contribution in [-0.2, 0) is 42.6 Å². The summed E-state index contributed by atoms with van der Waals surface area (Å²) in [4.78, 5) is 37.8. The first-order valence-electron chi connectivity index (χ1n) is 16.5. The third-order valence-electron chi connectivity index (χ3n) is 9.68. The molecular formula is C36H35ClF3N7O5. The Morgan fingerprint density at radius 2 is 1.75 bits per heavy atom. The quantitative estimate of drug-likeness (QED) is 0.232. The fourth-order valence-corrected chi connectivity index (χ4v) is 7.19. The molecule has 2 aromatic carbocycles. The average molecular weight is 738 g/mol. The molecule has 3 N–H and O–H groups in total. The van der Waals surface area contributed by atoms with E-state index in [9.17, 15) is 22.8 Å². The van der Waals surface area contributed by atoms with Gasteiger partial charge >= 0.3 is 11.9 Å². The molecule has 0 radical (unpaired) electrons. The number of ether oxygens (including phenoxy) is 3. The minimum atomic E-state index is -4.95. The van der Waals surface area contributed by atoms with Crippen molar-refractivity contribution >= 4 is 34.1 Å². The van der Waals surface area contributed by atoms with Gasteiger partial charge in [-0.3, -0.25) is 13.9 Å². The van der Waals surface area contributed by atoms with E-state index in [-0.39, 0.29) is 23.6 Å². The third kappa shape index (κ3) is 6.31. The molecule has 0 bridgehead atoms. The van der Waals surface area contributed by atoms with Gasteiger partial charge in [-0.25, -0.2) is 19.7 Å². The molecule has 1 unspecified atom stereocenters. The molecule has 4 heterocycles. The molecule has 3 aromatic heterocycles. The van der Waals surface area contributed by atoms with Crippen molar-refractivity contribution in [2.24, 2.45) is 19.8 Å². The van der Waals surface area contributed by atoms with Gasteiger partial charge in [-0.15, -0.1) is 0 Å². The van der Waals surface area contributed by atoms with E-state index in [1.807, 2.05) is 30.3 Å². The van der Waals surface area contributed by atoms with Crippen LogP contribution >= 0.6 is 11.6 Å². The number of fused-ring (bicyclic) bond motifs is 2. The van der Waals surface area contributed by atoms with Crippen molar-refractivity contribution in [3.05, 3.63) is 90.8 Å². The summed E-state index contributed by atoms with van der Waals surface area (Å²) in [5.41, 5.74) is 9.65. The van der Waals surface area contributed by atoms with Gasteiger partial charge in [0.05, 0.1) is 36.6 Å². The number of nitrogens with two attached hydrogens (primary N) is 1. The van der Waals surface area contributed by atoms with Gasteiger partial charge in [0.2, 0.25) is 11.7 Å².